The van der Waals surface area contributed by atoms with Crippen LogP contribution in [0.15, 0.2) is 60.7 Å². The van der Waals surface area contributed by atoms with E-state index in [1.54, 1.807) is 24.3 Å². The van der Waals surface area contributed by atoms with Crippen molar-refractivity contribution in [3.05, 3.63) is 97.6 Å². The Kier molecular flexibility index (Phi) is 14.8. The lowest BCUT2D eigenvalue weighted by Crippen LogP contribution is -2.34. The number of likely N-dealkylation sites (tertiary alicyclic amines) is 2. The molecule has 2 aliphatic heterocycles. The van der Waals surface area contributed by atoms with Gasteiger partial charge in [-0.05, 0) is 82.2 Å². The molecule has 14 nitrogen and oxygen atoms in total. The van der Waals surface area contributed by atoms with Gasteiger partial charge in [0.25, 0.3) is 0 Å². The van der Waals surface area contributed by atoms with Gasteiger partial charge in [-0.15, -0.1) is 0 Å². The van der Waals surface area contributed by atoms with E-state index in [0.717, 1.165) is 64.0 Å². The minimum atomic E-state index is -3.37. The highest BCUT2D eigenvalue weighted by Gasteiger charge is 2.45. The SMILES string of the molecule is CS(=O)(=O)Nc1cccc(Nc2nc(NCCN3CCCCC3)nc(NCCN3CCCCC3)n2)c1.O=C1c2c(Cl)c(Cl)c(Cl)c(Cl)c2C(=O)C1c1ccc2ccccc2n1. The van der Waals surface area contributed by atoms with Crippen LogP contribution in [0.2, 0.25) is 20.1 Å². The number of para-hydroxylation sites is 1. The van der Waals surface area contributed by atoms with E-state index in [9.17, 15) is 18.0 Å². The first kappa shape index (κ1) is 44.7. The highest BCUT2D eigenvalue weighted by molar-refractivity contribution is 7.92. The van der Waals surface area contributed by atoms with Gasteiger partial charge in [0.2, 0.25) is 27.9 Å². The molecule has 322 valence electrons. The molecule has 0 atom stereocenters. The second-order valence-corrected chi connectivity index (χ2v) is 18.4. The number of ketones is 2. The van der Waals surface area contributed by atoms with Crippen molar-refractivity contribution < 1.29 is 18.0 Å². The second-order valence-electron chi connectivity index (χ2n) is 15.1. The van der Waals surface area contributed by atoms with Crippen molar-refractivity contribution in [2.45, 2.75) is 44.4 Å². The third kappa shape index (κ3) is 11.4. The number of aromatic nitrogens is 4. The average Bonchev–Trinajstić information content (AvgIpc) is 3.51. The Morgan fingerprint density at radius 1 is 0.623 bits per heavy atom. The molecule has 4 heterocycles. The van der Waals surface area contributed by atoms with Crippen molar-refractivity contribution in [3.8, 4) is 0 Å². The molecule has 61 heavy (non-hydrogen) atoms. The largest absolute Gasteiger partial charge is 0.353 e. The van der Waals surface area contributed by atoms with Crippen molar-refractivity contribution >= 4 is 108 Å². The van der Waals surface area contributed by atoms with Crippen LogP contribution in [0.3, 0.4) is 0 Å². The highest BCUT2D eigenvalue weighted by Crippen LogP contribution is 2.48. The minimum Gasteiger partial charge on any atom is -0.353 e. The number of piperidine rings is 2. The van der Waals surface area contributed by atoms with Crippen LogP contribution in [0.4, 0.5) is 29.2 Å². The van der Waals surface area contributed by atoms with E-state index < -0.39 is 27.5 Å². The normalized spacial score (nSPS) is 16.2. The summed E-state index contributed by atoms with van der Waals surface area (Å²) in [5, 5.41) is 10.6. The number of benzene rings is 3. The first-order chi connectivity index (χ1) is 29.3. The zero-order chi connectivity index (χ0) is 43.1. The van der Waals surface area contributed by atoms with E-state index in [1.807, 2.05) is 36.4 Å². The van der Waals surface area contributed by atoms with Crippen LogP contribution in [0.25, 0.3) is 10.9 Å². The molecule has 1 aliphatic carbocycles. The Hall–Kier alpha value is -4.35. The highest BCUT2D eigenvalue weighted by atomic mass is 35.5. The fraction of sp³-hybridized carbons (Fsp3) is 0.381. The molecular formula is C42H46Cl4N10O4S. The number of hydrogen-bond donors (Lipinski definition) is 4. The molecule has 3 aliphatic rings. The molecule has 2 fully saturated rings. The van der Waals surface area contributed by atoms with E-state index in [1.165, 1.54) is 38.5 Å². The van der Waals surface area contributed by atoms with E-state index >= 15 is 0 Å². The molecule has 4 N–H and O–H groups in total. The van der Waals surface area contributed by atoms with Gasteiger partial charge in [0, 0.05) is 37.3 Å². The molecule has 5 aromatic rings. The van der Waals surface area contributed by atoms with Gasteiger partial charge in [0.15, 0.2) is 11.6 Å². The lowest BCUT2D eigenvalue weighted by atomic mass is 9.98. The Balaban J connectivity index is 0.000000196. The first-order valence-electron chi connectivity index (χ1n) is 20.2. The summed E-state index contributed by atoms with van der Waals surface area (Å²) in [5.74, 6) is -0.654. The Bertz CT molecular complexity index is 2430. The van der Waals surface area contributed by atoms with Crippen molar-refractivity contribution in [2.24, 2.45) is 0 Å². The number of halogens is 4. The van der Waals surface area contributed by atoms with Gasteiger partial charge in [0.1, 0.15) is 5.92 Å². The zero-order valence-electron chi connectivity index (χ0n) is 33.5. The monoisotopic (exact) mass is 926 g/mol. The van der Waals surface area contributed by atoms with Gasteiger partial charge < -0.3 is 25.8 Å². The standard InChI is InChI=1S/C24H39N9O2S.C18H7Cl4NO2/c1-36(34,35)31-21-10-8-9-20(19-21)27-24-29-22(25-11-17-32-13-4-2-5-14-32)28-23(30-24)26-12-18-33-15-6-3-7-16-33;19-13-11-12(14(20)16(22)15(13)21)18(25)10(17(11)24)9-6-5-7-3-1-2-4-8(7)23-9/h8-10,19,31H,2-7,11-18H2,1H3,(H3,25,26,27,28,29,30);1-6,10H. The van der Waals surface area contributed by atoms with Crippen LogP contribution >= 0.6 is 46.4 Å². The molecule has 0 spiro atoms. The van der Waals surface area contributed by atoms with Crippen molar-refractivity contribution in [2.75, 3.05) is 79.3 Å². The van der Waals surface area contributed by atoms with Crippen LogP contribution < -0.4 is 20.7 Å². The summed E-state index contributed by atoms with van der Waals surface area (Å²) in [6, 6.07) is 17.9. The molecule has 3 aromatic carbocycles. The number of carbonyl (C=O) groups is 2. The molecule has 0 amide bonds. The van der Waals surface area contributed by atoms with Crippen LogP contribution in [0.1, 0.15) is 70.9 Å². The van der Waals surface area contributed by atoms with Gasteiger partial charge >= 0.3 is 0 Å². The summed E-state index contributed by atoms with van der Waals surface area (Å²) < 4.78 is 25.7. The molecule has 19 heteroatoms. The van der Waals surface area contributed by atoms with Gasteiger partial charge in [-0.2, -0.15) is 15.0 Å². The minimum absolute atomic E-state index is 0.00558. The third-order valence-electron chi connectivity index (χ3n) is 10.6. The zero-order valence-corrected chi connectivity index (χ0v) is 37.3. The fourth-order valence-corrected chi connectivity index (χ4v) is 9.22. The fourth-order valence-electron chi connectivity index (χ4n) is 7.62. The summed E-state index contributed by atoms with van der Waals surface area (Å²) >= 11 is 24.4. The smallest absolute Gasteiger partial charge is 0.233 e. The number of carbonyl (C=O) groups excluding carboxylic acids is 2. The summed E-state index contributed by atoms with van der Waals surface area (Å²) in [4.78, 5) is 48.9. The summed E-state index contributed by atoms with van der Waals surface area (Å²) in [6.45, 7) is 7.99. The van der Waals surface area contributed by atoms with Gasteiger partial charge in [-0.25, -0.2) is 8.42 Å². The van der Waals surface area contributed by atoms with Crippen LogP contribution in [0, 0.1) is 0 Å². The Morgan fingerprint density at radius 2 is 1.15 bits per heavy atom. The number of nitrogens with zero attached hydrogens (tertiary/aromatic N) is 6. The molecule has 2 aromatic heterocycles. The van der Waals surface area contributed by atoms with E-state index in [2.05, 4.69) is 50.4 Å². The van der Waals surface area contributed by atoms with E-state index in [-0.39, 0.29) is 31.2 Å². The number of Topliss-reactive ketones (excluding diaryl/α,β-unsaturated/α-hetero) is 2. The third-order valence-corrected chi connectivity index (χ3v) is 13.0. The lowest BCUT2D eigenvalue weighted by molar-refractivity contribution is 0.0888. The number of hydrogen-bond acceptors (Lipinski definition) is 13. The molecule has 0 saturated carbocycles. The second kappa shape index (κ2) is 20.2. The predicted octanol–water partition coefficient (Wildman–Crippen LogP) is 8.79. The van der Waals surface area contributed by atoms with Gasteiger partial charge in [-0.3, -0.25) is 19.3 Å². The van der Waals surface area contributed by atoms with Crippen molar-refractivity contribution in [3.63, 3.8) is 0 Å². The van der Waals surface area contributed by atoms with Crippen molar-refractivity contribution in [1.82, 2.24) is 29.7 Å². The maximum Gasteiger partial charge on any atom is 0.233 e. The summed E-state index contributed by atoms with van der Waals surface area (Å²) in [5.41, 5.74) is 2.18. The summed E-state index contributed by atoms with van der Waals surface area (Å²) in [7, 11) is -3.37. The average molecular weight is 929 g/mol. The maximum absolute atomic E-state index is 12.9. The molecule has 8 rings (SSSR count). The number of nitrogens with one attached hydrogen (secondary N) is 4. The number of anilines is 5. The molecule has 0 unspecified atom stereocenters. The molecule has 0 radical (unpaired) electrons. The molecule has 0 bridgehead atoms. The van der Waals surface area contributed by atoms with Crippen LogP contribution in [-0.2, 0) is 10.0 Å². The maximum atomic E-state index is 12.9. The van der Waals surface area contributed by atoms with Crippen LogP contribution in [-0.4, -0.2) is 108 Å². The van der Waals surface area contributed by atoms with Gasteiger partial charge in [0.05, 0.1) is 54.4 Å². The molecular weight excluding hydrogens is 882 g/mol. The van der Waals surface area contributed by atoms with Crippen LogP contribution in [0.5, 0.6) is 0 Å². The van der Waals surface area contributed by atoms with Gasteiger partial charge in [-0.1, -0.05) is 89.6 Å². The Morgan fingerprint density at radius 3 is 1.70 bits per heavy atom. The topological polar surface area (TPSA) is 174 Å². The number of fused-ring (bicyclic) bond motifs is 2. The quantitative estimate of drug-likeness (QED) is 0.0502. The summed E-state index contributed by atoms with van der Waals surface area (Å²) in [6.07, 6.45) is 8.81. The van der Waals surface area contributed by atoms with Crippen molar-refractivity contribution in [1.29, 1.82) is 0 Å². The number of rotatable bonds is 13. The van der Waals surface area contributed by atoms with E-state index in [0.29, 0.717) is 40.4 Å². The number of sulfonamides is 1. The Labute approximate surface area is 375 Å². The lowest BCUT2D eigenvalue weighted by Gasteiger charge is -2.26. The van der Waals surface area contributed by atoms with E-state index in [4.69, 9.17) is 46.4 Å². The first-order valence-corrected chi connectivity index (χ1v) is 23.6. The molecule has 2 saturated heterocycles. The predicted molar refractivity (Wildman–Crippen MR) is 245 cm³/mol. The number of pyridine rings is 1.